The van der Waals surface area contributed by atoms with E-state index in [4.69, 9.17) is 5.11 Å². The summed E-state index contributed by atoms with van der Waals surface area (Å²) in [6, 6.07) is 0.359. The summed E-state index contributed by atoms with van der Waals surface area (Å²) in [7, 11) is 0. The third-order valence-corrected chi connectivity index (χ3v) is 4.48. The van der Waals surface area contributed by atoms with E-state index in [1.807, 2.05) is 4.90 Å². The number of hydrogen-bond donors (Lipinski definition) is 2. The van der Waals surface area contributed by atoms with Crippen LogP contribution in [-0.2, 0) is 9.59 Å². The van der Waals surface area contributed by atoms with E-state index >= 15 is 0 Å². The molecule has 1 heterocycles. The maximum absolute atomic E-state index is 12.1. The minimum absolute atomic E-state index is 0.0346. The van der Waals surface area contributed by atoms with E-state index < -0.39 is 5.97 Å². The highest BCUT2D eigenvalue weighted by Crippen LogP contribution is 2.20. The zero-order valence-corrected chi connectivity index (χ0v) is 12.1. The van der Waals surface area contributed by atoms with E-state index in [0.29, 0.717) is 12.6 Å². The van der Waals surface area contributed by atoms with Gasteiger partial charge in [-0.15, -0.1) is 0 Å². The van der Waals surface area contributed by atoms with E-state index in [1.165, 1.54) is 25.7 Å². The molecule has 0 aromatic carbocycles. The summed E-state index contributed by atoms with van der Waals surface area (Å²) < 4.78 is 0. The number of carbonyl (C=O) groups is 2. The van der Waals surface area contributed by atoms with Crippen molar-refractivity contribution >= 4 is 11.9 Å². The van der Waals surface area contributed by atoms with Gasteiger partial charge in [-0.25, -0.2) is 0 Å². The lowest BCUT2D eigenvalue weighted by Crippen LogP contribution is -2.44. The Bertz CT molecular complexity index is 338. The Kier molecular flexibility index (Phi) is 5.83. The molecule has 20 heavy (non-hydrogen) atoms. The van der Waals surface area contributed by atoms with Gasteiger partial charge in [-0.1, -0.05) is 25.7 Å². The summed E-state index contributed by atoms with van der Waals surface area (Å²) >= 11 is 0. The lowest BCUT2D eigenvalue weighted by molar-refractivity contribution is -0.138. The van der Waals surface area contributed by atoms with E-state index in [0.717, 1.165) is 32.2 Å². The van der Waals surface area contributed by atoms with Gasteiger partial charge in [0, 0.05) is 12.1 Å². The second kappa shape index (κ2) is 7.62. The van der Waals surface area contributed by atoms with Crippen molar-refractivity contribution in [1.82, 2.24) is 10.2 Å². The number of likely N-dealkylation sites (tertiary alicyclic amines) is 1. The number of nitrogens with one attached hydrogen (secondary N) is 1. The Balaban J connectivity index is 1.76. The van der Waals surface area contributed by atoms with Crippen LogP contribution in [0.2, 0.25) is 0 Å². The Morgan fingerprint density at radius 3 is 2.40 bits per heavy atom. The molecule has 0 bridgehead atoms. The van der Waals surface area contributed by atoms with Crippen LogP contribution in [0.15, 0.2) is 0 Å². The third kappa shape index (κ3) is 4.78. The van der Waals surface area contributed by atoms with Crippen LogP contribution in [-0.4, -0.2) is 47.1 Å². The maximum Gasteiger partial charge on any atom is 0.304 e. The molecule has 114 valence electrons. The van der Waals surface area contributed by atoms with Crippen molar-refractivity contribution in [2.75, 3.05) is 13.1 Å². The molecule has 1 saturated heterocycles. The first-order valence-corrected chi connectivity index (χ1v) is 7.90. The molecule has 2 fully saturated rings. The lowest BCUT2D eigenvalue weighted by Gasteiger charge is -2.24. The quantitative estimate of drug-likeness (QED) is 0.754. The predicted octanol–water partition coefficient (Wildman–Crippen LogP) is 1.76. The van der Waals surface area contributed by atoms with Gasteiger partial charge in [0.25, 0.3) is 0 Å². The van der Waals surface area contributed by atoms with Gasteiger partial charge in [0.05, 0.1) is 13.0 Å². The lowest BCUT2D eigenvalue weighted by atomic mass is 10.1. The Morgan fingerprint density at radius 1 is 1.05 bits per heavy atom. The minimum atomic E-state index is -0.772. The molecular formula is C15H26N2O3. The van der Waals surface area contributed by atoms with Gasteiger partial charge < -0.3 is 10.4 Å². The van der Waals surface area contributed by atoms with Crippen LogP contribution in [0.4, 0.5) is 0 Å². The number of nitrogens with zero attached hydrogens (tertiary/aromatic N) is 1. The molecule has 1 atom stereocenters. The van der Waals surface area contributed by atoms with Crippen molar-refractivity contribution in [1.29, 1.82) is 0 Å². The zero-order chi connectivity index (χ0) is 14.4. The van der Waals surface area contributed by atoms with Crippen molar-refractivity contribution in [2.24, 2.45) is 0 Å². The summed E-state index contributed by atoms with van der Waals surface area (Å²) in [5, 5.41) is 12.0. The van der Waals surface area contributed by atoms with Gasteiger partial charge in [-0.3, -0.25) is 14.5 Å². The second-order valence-corrected chi connectivity index (χ2v) is 6.12. The topological polar surface area (TPSA) is 69.6 Å². The molecule has 1 saturated carbocycles. The van der Waals surface area contributed by atoms with Crippen LogP contribution in [0.5, 0.6) is 0 Å². The fraction of sp³-hybridized carbons (Fsp3) is 0.867. The first-order valence-electron chi connectivity index (χ1n) is 7.90. The van der Waals surface area contributed by atoms with E-state index in [1.54, 1.807) is 0 Å². The van der Waals surface area contributed by atoms with Crippen LogP contribution in [0.25, 0.3) is 0 Å². The fourth-order valence-corrected chi connectivity index (χ4v) is 3.42. The number of hydrogen-bond acceptors (Lipinski definition) is 3. The van der Waals surface area contributed by atoms with Crippen LogP contribution in [0, 0.1) is 0 Å². The van der Waals surface area contributed by atoms with Crippen LogP contribution in [0.3, 0.4) is 0 Å². The van der Waals surface area contributed by atoms with Crippen LogP contribution in [0.1, 0.15) is 57.8 Å². The smallest absolute Gasteiger partial charge is 0.304 e. The number of aliphatic carboxylic acids is 1. The van der Waals surface area contributed by atoms with Gasteiger partial charge >= 0.3 is 5.97 Å². The molecule has 2 rings (SSSR count). The predicted molar refractivity (Wildman–Crippen MR) is 76.5 cm³/mol. The number of carbonyl (C=O) groups excluding carboxylic acids is 1. The number of carboxylic acids is 1. The molecule has 2 N–H and O–H groups in total. The Morgan fingerprint density at radius 2 is 1.75 bits per heavy atom. The summed E-state index contributed by atoms with van der Waals surface area (Å²) in [5.74, 6) is -0.708. The van der Waals surface area contributed by atoms with Crippen molar-refractivity contribution < 1.29 is 14.7 Å². The maximum atomic E-state index is 12.1. The second-order valence-electron chi connectivity index (χ2n) is 6.12. The normalized spacial score (nSPS) is 25.3. The van der Waals surface area contributed by atoms with Crippen molar-refractivity contribution in [2.45, 2.75) is 69.9 Å². The fourth-order valence-electron chi connectivity index (χ4n) is 3.42. The largest absolute Gasteiger partial charge is 0.481 e. The molecule has 1 aliphatic carbocycles. The molecule has 0 radical (unpaired) electrons. The highest BCUT2D eigenvalue weighted by Gasteiger charge is 2.28. The van der Waals surface area contributed by atoms with E-state index in [9.17, 15) is 9.59 Å². The average molecular weight is 282 g/mol. The van der Waals surface area contributed by atoms with Gasteiger partial charge in [0.1, 0.15) is 0 Å². The standard InChI is InChI=1S/C15H26N2O3/c18-14(16-12-6-3-1-2-4-7-12)11-17-9-5-8-13(17)10-15(19)20/h12-13H,1-11H2,(H,16,18)(H,19,20). The monoisotopic (exact) mass is 282 g/mol. The minimum Gasteiger partial charge on any atom is -0.481 e. The van der Waals surface area contributed by atoms with Crippen molar-refractivity contribution in [3.63, 3.8) is 0 Å². The highest BCUT2D eigenvalue weighted by molar-refractivity contribution is 5.78. The zero-order valence-electron chi connectivity index (χ0n) is 12.1. The summed E-state index contributed by atoms with van der Waals surface area (Å²) in [6.45, 7) is 1.20. The number of rotatable bonds is 5. The Hall–Kier alpha value is -1.10. The van der Waals surface area contributed by atoms with Crippen LogP contribution >= 0.6 is 0 Å². The average Bonchev–Trinajstić information content (AvgIpc) is 2.64. The van der Waals surface area contributed by atoms with E-state index in [-0.39, 0.29) is 18.4 Å². The molecule has 1 unspecified atom stereocenters. The van der Waals surface area contributed by atoms with Gasteiger partial charge in [-0.2, -0.15) is 0 Å². The Labute approximate surface area is 120 Å². The third-order valence-electron chi connectivity index (χ3n) is 4.48. The summed E-state index contributed by atoms with van der Waals surface area (Å²) in [6.07, 6.45) is 9.17. The molecule has 0 aromatic heterocycles. The van der Waals surface area contributed by atoms with E-state index in [2.05, 4.69) is 5.32 Å². The molecule has 2 aliphatic rings. The van der Waals surface area contributed by atoms with Crippen LogP contribution < -0.4 is 5.32 Å². The van der Waals surface area contributed by atoms with Gasteiger partial charge in [0.2, 0.25) is 5.91 Å². The highest BCUT2D eigenvalue weighted by atomic mass is 16.4. The van der Waals surface area contributed by atoms with Crippen molar-refractivity contribution in [3.05, 3.63) is 0 Å². The molecule has 0 spiro atoms. The summed E-state index contributed by atoms with van der Waals surface area (Å²) in [4.78, 5) is 25.0. The van der Waals surface area contributed by atoms with Crippen molar-refractivity contribution in [3.8, 4) is 0 Å². The number of amides is 1. The van der Waals surface area contributed by atoms with Gasteiger partial charge in [0.15, 0.2) is 0 Å². The molecule has 5 nitrogen and oxygen atoms in total. The molecule has 0 aromatic rings. The summed E-state index contributed by atoms with van der Waals surface area (Å²) in [5.41, 5.74) is 0. The molecule has 5 heteroatoms. The first-order chi connectivity index (χ1) is 9.65. The molecular weight excluding hydrogens is 256 g/mol. The first kappa shape index (κ1) is 15.3. The molecule has 1 aliphatic heterocycles. The van der Waals surface area contributed by atoms with Gasteiger partial charge in [-0.05, 0) is 32.2 Å². The SMILES string of the molecule is O=C(O)CC1CCCN1CC(=O)NC1CCCCCC1. The molecule has 1 amide bonds. The number of carboxylic acid groups (broad SMARTS) is 1.